The fourth-order valence-corrected chi connectivity index (χ4v) is 2.45. The van der Waals surface area contributed by atoms with Crippen LogP contribution in [0.4, 0.5) is 0 Å². The number of rotatable bonds is 2. The van der Waals surface area contributed by atoms with Crippen molar-refractivity contribution in [3.63, 3.8) is 0 Å². The van der Waals surface area contributed by atoms with Crippen LogP contribution in [0, 0.1) is 11.8 Å². The topological polar surface area (TPSA) is 0 Å². The molecule has 0 heterocycles. The highest BCUT2D eigenvalue weighted by molar-refractivity contribution is 5.73. The Morgan fingerprint density at radius 2 is 2.00 bits per heavy atom. The van der Waals surface area contributed by atoms with Gasteiger partial charge in [-0.3, -0.25) is 0 Å². The van der Waals surface area contributed by atoms with Crippen molar-refractivity contribution in [1.29, 1.82) is 0 Å². The van der Waals surface area contributed by atoms with Gasteiger partial charge in [-0.1, -0.05) is 49.4 Å². The Morgan fingerprint density at radius 1 is 1.20 bits per heavy atom. The number of aryl methyl sites for hydroxylation is 1. The minimum absolute atomic E-state index is 0.822. The summed E-state index contributed by atoms with van der Waals surface area (Å²) in [4.78, 5) is 0. The molecule has 0 bridgehead atoms. The molecule has 1 fully saturated rings. The molecule has 3 rings (SSSR count). The van der Waals surface area contributed by atoms with Crippen LogP contribution in [0.5, 0.6) is 0 Å². The molecule has 15 heavy (non-hydrogen) atoms. The Hall–Kier alpha value is -1.30. The zero-order valence-corrected chi connectivity index (χ0v) is 9.11. The molecule has 1 aromatic rings. The van der Waals surface area contributed by atoms with E-state index in [1.807, 2.05) is 0 Å². The highest BCUT2D eigenvalue weighted by Crippen LogP contribution is 2.50. The van der Waals surface area contributed by atoms with Crippen molar-refractivity contribution in [2.24, 2.45) is 11.8 Å². The SMILES string of the molecule is CCc1ccc(C2=CC=CC3CC23)cc1. The Labute approximate surface area is 91.3 Å². The fraction of sp³-hybridized carbons (Fsp3) is 0.333. The summed E-state index contributed by atoms with van der Waals surface area (Å²) in [5.41, 5.74) is 4.40. The molecule has 0 heteroatoms. The van der Waals surface area contributed by atoms with Gasteiger partial charge >= 0.3 is 0 Å². The van der Waals surface area contributed by atoms with Crippen molar-refractivity contribution < 1.29 is 0 Å². The summed E-state index contributed by atoms with van der Waals surface area (Å²) >= 11 is 0. The van der Waals surface area contributed by atoms with Crippen LogP contribution in [-0.4, -0.2) is 0 Å². The molecule has 0 N–H and O–H groups in total. The van der Waals surface area contributed by atoms with Crippen molar-refractivity contribution in [1.82, 2.24) is 0 Å². The first kappa shape index (κ1) is 8.96. The van der Waals surface area contributed by atoms with Crippen LogP contribution in [0.1, 0.15) is 24.5 Å². The van der Waals surface area contributed by atoms with E-state index >= 15 is 0 Å². The predicted molar refractivity (Wildman–Crippen MR) is 64.5 cm³/mol. The van der Waals surface area contributed by atoms with Gasteiger partial charge in [0, 0.05) is 0 Å². The molecular weight excluding hydrogens is 180 g/mol. The quantitative estimate of drug-likeness (QED) is 0.674. The first-order valence-corrected chi connectivity index (χ1v) is 5.86. The second-order valence-electron chi connectivity index (χ2n) is 4.56. The second-order valence-corrected chi connectivity index (χ2v) is 4.56. The summed E-state index contributed by atoms with van der Waals surface area (Å²) in [6, 6.07) is 9.07. The average molecular weight is 196 g/mol. The van der Waals surface area contributed by atoms with E-state index in [-0.39, 0.29) is 0 Å². The molecule has 1 aromatic carbocycles. The number of benzene rings is 1. The number of hydrogen-bond acceptors (Lipinski definition) is 0. The molecule has 0 amide bonds. The maximum atomic E-state index is 2.34. The smallest absolute Gasteiger partial charge is 0.00869 e. The van der Waals surface area contributed by atoms with Crippen LogP contribution >= 0.6 is 0 Å². The predicted octanol–water partition coefficient (Wildman–Crippen LogP) is 3.84. The number of hydrogen-bond donors (Lipinski definition) is 0. The van der Waals surface area contributed by atoms with E-state index in [0.717, 1.165) is 18.3 Å². The summed E-state index contributed by atoms with van der Waals surface area (Å²) in [5, 5.41) is 0. The van der Waals surface area contributed by atoms with Gasteiger partial charge in [-0.2, -0.15) is 0 Å². The minimum atomic E-state index is 0.822. The maximum Gasteiger partial charge on any atom is -0.00869 e. The molecule has 2 aliphatic carbocycles. The summed E-state index contributed by atoms with van der Waals surface area (Å²) in [6.07, 6.45) is 9.34. The van der Waals surface area contributed by atoms with Crippen LogP contribution < -0.4 is 0 Å². The van der Waals surface area contributed by atoms with Gasteiger partial charge in [0.15, 0.2) is 0 Å². The van der Waals surface area contributed by atoms with Gasteiger partial charge in [0.05, 0.1) is 0 Å². The molecule has 0 aliphatic heterocycles. The van der Waals surface area contributed by atoms with Gasteiger partial charge in [-0.25, -0.2) is 0 Å². The molecule has 0 saturated heterocycles. The molecule has 0 radical (unpaired) electrons. The first-order valence-electron chi connectivity index (χ1n) is 5.86. The highest BCUT2D eigenvalue weighted by Gasteiger charge is 2.39. The molecule has 0 aromatic heterocycles. The lowest BCUT2D eigenvalue weighted by molar-refractivity contribution is 0.998. The maximum absolute atomic E-state index is 2.34. The van der Waals surface area contributed by atoms with Crippen molar-refractivity contribution in [3.8, 4) is 0 Å². The Morgan fingerprint density at radius 3 is 2.73 bits per heavy atom. The minimum Gasteiger partial charge on any atom is -0.0808 e. The van der Waals surface area contributed by atoms with Gasteiger partial charge in [-0.05, 0) is 41.4 Å². The molecule has 2 aliphatic rings. The zero-order valence-electron chi connectivity index (χ0n) is 9.11. The van der Waals surface area contributed by atoms with Gasteiger partial charge in [0.1, 0.15) is 0 Å². The lowest BCUT2D eigenvalue weighted by Gasteiger charge is -2.09. The molecule has 2 unspecified atom stereocenters. The summed E-state index contributed by atoms with van der Waals surface area (Å²) < 4.78 is 0. The third-order valence-electron chi connectivity index (χ3n) is 3.57. The number of allylic oxidation sites excluding steroid dienone is 4. The van der Waals surface area contributed by atoms with Crippen LogP contribution in [0.15, 0.2) is 42.5 Å². The van der Waals surface area contributed by atoms with Crippen molar-refractivity contribution in [3.05, 3.63) is 53.6 Å². The van der Waals surface area contributed by atoms with Gasteiger partial charge in [0.2, 0.25) is 0 Å². The molecule has 2 atom stereocenters. The van der Waals surface area contributed by atoms with Crippen LogP contribution in [-0.2, 0) is 6.42 Å². The monoisotopic (exact) mass is 196 g/mol. The third-order valence-corrected chi connectivity index (χ3v) is 3.57. The zero-order chi connectivity index (χ0) is 10.3. The lowest BCUT2D eigenvalue weighted by atomic mass is 9.96. The third kappa shape index (κ3) is 1.54. The van der Waals surface area contributed by atoms with Gasteiger partial charge in [-0.15, -0.1) is 0 Å². The van der Waals surface area contributed by atoms with Crippen LogP contribution in [0.25, 0.3) is 5.57 Å². The van der Waals surface area contributed by atoms with E-state index in [1.54, 1.807) is 5.57 Å². The van der Waals surface area contributed by atoms with Crippen LogP contribution in [0.3, 0.4) is 0 Å². The van der Waals surface area contributed by atoms with E-state index in [9.17, 15) is 0 Å². The Balaban J connectivity index is 1.92. The average Bonchev–Trinajstić information content (AvgIpc) is 3.08. The van der Waals surface area contributed by atoms with E-state index in [1.165, 1.54) is 17.5 Å². The molecule has 0 spiro atoms. The second kappa shape index (κ2) is 3.37. The van der Waals surface area contributed by atoms with E-state index < -0.39 is 0 Å². The first-order chi connectivity index (χ1) is 7.38. The van der Waals surface area contributed by atoms with E-state index in [2.05, 4.69) is 49.4 Å². The largest absolute Gasteiger partial charge is 0.0808 e. The lowest BCUT2D eigenvalue weighted by Crippen LogP contribution is -1.92. The molecule has 1 saturated carbocycles. The highest BCUT2D eigenvalue weighted by atomic mass is 14.4. The Kier molecular flexibility index (Phi) is 2.02. The van der Waals surface area contributed by atoms with Crippen molar-refractivity contribution in [2.75, 3.05) is 0 Å². The summed E-state index contributed by atoms with van der Waals surface area (Å²) in [5.74, 6) is 1.67. The molecule has 76 valence electrons. The summed E-state index contributed by atoms with van der Waals surface area (Å²) in [6.45, 7) is 2.20. The van der Waals surface area contributed by atoms with Crippen molar-refractivity contribution >= 4 is 5.57 Å². The normalized spacial score (nSPS) is 27.1. The number of fused-ring (bicyclic) bond motifs is 1. The van der Waals surface area contributed by atoms with E-state index in [4.69, 9.17) is 0 Å². The fourth-order valence-electron chi connectivity index (χ4n) is 2.45. The van der Waals surface area contributed by atoms with Gasteiger partial charge < -0.3 is 0 Å². The molecular formula is C15H16. The molecule has 0 nitrogen and oxygen atoms in total. The Bertz CT molecular complexity index is 420. The van der Waals surface area contributed by atoms with E-state index in [0.29, 0.717) is 0 Å². The van der Waals surface area contributed by atoms with Crippen LogP contribution in [0.2, 0.25) is 0 Å². The summed E-state index contributed by atoms with van der Waals surface area (Å²) in [7, 11) is 0. The van der Waals surface area contributed by atoms with Crippen molar-refractivity contribution in [2.45, 2.75) is 19.8 Å². The van der Waals surface area contributed by atoms with Gasteiger partial charge in [0.25, 0.3) is 0 Å². The standard InChI is InChI=1S/C15H16/c1-2-11-6-8-12(9-7-11)14-5-3-4-13-10-15(13)14/h3-9,13,15H,2,10H2,1H3.